The summed E-state index contributed by atoms with van der Waals surface area (Å²) in [6, 6.07) is 5.77. The number of nitrogens with zero attached hydrogens (tertiary/aromatic N) is 3. The Kier molecular flexibility index (Phi) is 4.53. The van der Waals surface area contributed by atoms with Crippen LogP contribution in [0.3, 0.4) is 0 Å². The molecule has 0 bridgehead atoms. The third kappa shape index (κ3) is 3.41. The van der Waals surface area contributed by atoms with E-state index in [4.69, 9.17) is 16.7 Å². The fraction of sp³-hybridized carbons (Fsp3) is 0.312. The summed E-state index contributed by atoms with van der Waals surface area (Å²) in [5.41, 5.74) is 1.47. The maximum absolute atomic E-state index is 13.9. The van der Waals surface area contributed by atoms with Gasteiger partial charge in [0.05, 0.1) is 36.5 Å². The Morgan fingerprint density at radius 2 is 2.08 bits per heavy atom. The van der Waals surface area contributed by atoms with Crippen molar-refractivity contribution in [3.63, 3.8) is 0 Å². The highest BCUT2D eigenvalue weighted by molar-refractivity contribution is 6.30. The minimum atomic E-state index is -0.879. The average Bonchev–Trinajstić information content (AvgIpc) is 2.94. The molecule has 1 aromatic heterocycles. The van der Waals surface area contributed by atoms with Crippen LogP contribution >= 0.6 is 11.6 Å². The molecule has 0 aliphatic carbocycles. The number of aliphatic carboxylic acids is 1. The third-order valence-corrected chi connectivity index (χ3v) is 4.13. The second-order valence-electron chi connectivity index (χ2n) is 5.59. The van der Waals surface area contributed by atoms with Crippen molar-refractivity contribution in [1.29, 1.82) is 0 Å². The Labute approximate surface area is 142 Å². The topological polar surface area (TPSA) is 75.4 Å². The molecule has 1 aromatic carbocycles. The molecule has 1 amide bonds. The molecule has 24 heavy (non-hydrogen) atoms. The van der Waals surface area contributed by atoms with Gasteiger partial charge >= 0.3 is 5.97 Å². The quantitative estimate of drug-likeness (QED) is 0.917. The lowest BCUT2D eigenvalue weighted by atomic mass is 10.1. The van der Waals surface area contributed by atoms with Gasteiger partial charge in [0, 0.05) is 18.0 Å². The highest BCUT2D eigenvalue weighted by atomic mass is 35.5. The summed E-state index contributed by atoms with van der Waals surface area (Å²) in [4.78, 5) is 24.7. The second-order valence-corrected chi connectivity index (χ2v) is 6.03. The number of rotatable bonds is 4. The van der Waals surface area contributed by atoms with Crippen molar-refractivity contribution in [2.24, 2.45) is 0 Å². The van der Waals surface area contributed by atoms with Crippen molar-refractivity contribution in [1.82, 2.24) is 14.7 Å². The molecule has 0 saturated carbocycles. The lowest BCUT2D eigenvalue weighted by Crippen LogP contribution is -2.38. The number of carbonyl (C=O) groups is 2. The monoisotopic (exact) mass is 351 g/mol. The van der Waals surface area contributed by atoms with E-state index in [0.29, 0.717) is 31.7 Å². The van der Waals surface area contributed by atoms with Crippen molar-refractivity contribution >= 4 is 23.5 Å². The van der Waals surface area contributed by atoms with E-state index >= 15 is 0 Å². The normalized spacial score (nSPS) is 13.7. The number of benzene rings is 1. The highest BCUT2D eigenvalue weighted by Gasteiger charge is 2.25. The van der Waals surface area contributed by atoms with E-state index in [-0.39, 0.29) is 17.0 Å². The van der Waals surface area contributed by atoms with E-state index in [2.05, 4.69) is 5.10 Å². The van der Waals surface area contributed by atoms with Gasteiger partial charge in [-0.05, 0) is 24.3 Å². The SMILES string of the molecule is O=C(O)CCc1cc2n(n1)CCN(C(=O)c1ccc(Cl)cc1F)C2. The van der Waals surface area contributed by atoms with Crippen LogP contribution in [0.15, 0.2) is 24.3 Å². The maximum Gasteiger partial charge on any atom is 0.303 e. The van der Waals surface area contributed by atoms with Gasteiger partial charge in [-0.3, -0.25) is 14.3 Å². The fourth-order valence-corrected chi connectivity index (χ4v) is 2.85. The summed E-state index contributed by atoms with van der Waals surface area (Å²) < 4.78 is 15.7. The summed E-state index contributed by atoms with van der Waals surface area (Å²) in [7, 11) is 0. The summed E-state index contributed by atoms with van der Waals surface area (Å²) in [6.07, 6.45) is 0.351. The highest BCUT2D eigenvalue weighted by Crippen LogP contribution is 2.20. The molecule has 0 spiro atoms. The molecule has 8 heteroatoms. The van der Waals surface area contributed by atoms with Crippen LogP contribution in [-0.4, -0.2) is 38.2 Å². The van der Waals surface area contributed by atoms with E-state index in [1.807, 2.05) is 0 Å². The van der Waals surface area contributed by atoms with E-state index < -0.39 is 17.7 Å². The number of carboxylic acids is 1. The molecule has 1 aliphatic rings. The van der Waals surface area contributed by atoms with Gasteiger partial charge in [-0.1, -0.05) is 11.6 Å². The van der Waals surface area contributed by atoms with Gasteiger partial charge in [-0.2, -0.15) is 5.10 Å². The first-order valence-electron chi connectivity index (χ1n) is 7.46. The van der Waals surface area contributed by atoms with Crippen molar-refractivity contribution < 1.29 is 19.1 Å². The number of carbonyl (C=O) groups excluding carboxylic acids is 1. The molecule has 0 radical (unpaired) electrons. The predicted octanol–water partition coefficient (Wildman–Crippen LogP) is 2.35. The van der Waals surface area contributed by atoms with Crippen LogP contribution in [0.4, 0.5) is 4.39 Å². The van der Waals surface area contributed by atoms with Gasteiger partial charge in [0.1, 0.15) is 5.82 Å². The zero-order valence-electron chi connectivity index (χ0n) is 12.7. The lowest BCUT2D eigenvalue weighted by molar-refractivity contribution is -0.136. The van der Waals surface area contributed by atoms with Gasteiger partial charge < -0.3 is 10.0 Å². The lowest BCUT2D eigenvalue weighted by Gasteiger charge is -2.27. The first-order valence-corrected chi connectivity index (χ1v) is 7.83. The summed E-state index contributed by atoms with van der Waals surface area (Å²) in [5.74, 6) is -1.92. The maximum atomic E-state index is 13.9. The van der Waals surface area contributed by atoms with Gasteiger partial charge in [0.25, 0.3) is 5.91 Å². The molecule has 0 saturated heterocycles. The van der Waals surface area contributed by atoms with E-state index in [1.165, 1.54) is 12.1 Å². The van der Waals surface area contributed by atoms with Crippen LogP contribution in [0.5, 0.6) is 0 Å². The van der Waals surface area contributed by atoms with Crippen LogP contribution in [0.1, 0.15) is 28.2 Å². The number of hydrogen-bond donors (Lipinski definition) is 1. The molecule has 1 aliphatic heterocycles. The van der Waals surface area contributed by atoms with Crippen molar-refractivity contribution in [3.8, 4) is 0 Å². The van der Waals surface area contributed by atoms with Crippen molar-refractivity contribution in [2.75, 3.05) is 6.54 Å². The molecule has 6 nitrogen and oxygen atoms in total. The zero-order chi connectivity index (χ0) is 17.3. The molecule has 2 aromatic rings. The van der Waals surface area contributed by atoms with E-state index in [9.17, 15) is 14.0 Å². The Morgan fingerprint density at radius 3 is 2.79 bits per heavy atom. The Morgan fingerprint density at radius 1 is 1.29 bits per heavy atom. The van der Waals surface area contributed by atoms with Crippen molar-refractivity contribution in [2.45, 2.75) is 25.9 Å². The Bertz CT molecular complexity index is 806. The van der Waals surface area contributed by atoms with E-state index in [0.717, 1.165) is 11.8 Å². The molecule has 3 rings (SSSR count). The van der Waals surface area contributed by atoms with Gasteiger partial charge in [0.2, 0.25) is 0 Å². The summed E-state index contributed by atoms with van der Waals surface area (Å²) >= 11 is 5.71. The molecule has 126 valence electrons. The minimum Gasteiger partial charge on any atom is -0.481 e. The van der Waals surface area contributed by atoms with Gasteiger partial charge in [0.15, 0.2) is 0 Å². The number of hydrogen-bond acceptors (Lipinski definition) is 3. The number of halogens is 2. The molecule has 1 N–H and O–H groups in total. The Balaban J connectivity index is 1.74. The number of amides is 1. The standard InChI is InChI=1S/C16H15ClFN3O3/c17-10-1-3-13(14(18)7-10)16(24)20-5-6-21-12(9-20)8-11(19-21)2-4-15(22)23/h1,3,7-8H,2,4-6,9H2,(H,22,23). The zero-order valence-corrected chi connectivity index (χ0v) is 13.5. The molecular weight excluding hydrogens is 337 g/mol. The predicted molar refractivity (Wildman–Crippen MR) is 84.3 cm³/mol. The van der Waals surface area contributed by atoms with Gasteiger partial charge in [-0.15, -0.1) is 0 Å². The first kappa shape index (κ1) is 16.4. The first-order chi connectivity index (χ1) is 11.4. The second kappa shape index (κ2) is 6.60. The number of carboxylic acid groups (broad SMARTS) is 1. The molecule has 0 atom stereocenters. The fourth-order valence-electron chi connectivity index (χ4n) is 2.69. The van der Waals surface area contributed by atoms with Crippen LogP contribution in [-0.2, 0) is 24.3 Å². The average molecular weight is 352 g/mol. The van der Waals surface area contributed by atoms with Crippen molar-refractivity contribution in [3.05, 3.63) is 52.1 Å². The van der Waals surface area contributed by atoms with Crippen LogP contribution in [0.25, 0.3) is 0 Å². The summed E-state index contributed by atoms with van der Waals surface area (Å²) in [5, 5.41) is 13.3. The smallest absolute Gasteiger partial charge is 0.303 e. The number of fused-ring (bicyclic) bond motifs is 1. The Hall–Kier alpha value is -2.41. The third-order valence-electron chi connectivity index (χ3n) is 3.89. The van der Waals surface area contributed by atoms with Crippen LogP contribution < -0.4 is 0 Å². The largest absolute Gasteiger partial charge is 0.481 e. The molecule has 0 fully saturated rings. The van der Waals surface area contributed by atoms with Crippen LogP contribution in [0, 0.1) is 5.82 Å². The van der Waals surface area contributed by atoms with Crippen LogP contribution in [0.2, 0.25) is 5.02 Å². The number of aryl methyl sites for hydroxylation is 1. The summed E-state index contributed by atoms with van der Waals surface area (Å²) in [6.45, 7) is 1.21. The molecular formula is C16H15ClFN3O3. The molecule has 2 heterocycles. The minimum absolute atomic E-state index is 0.00901. The molecule has 0 unspecified atom stereocenters. The number of aromatic nitrogens is 2. The van der Waals surface area contributed by atoms with Gasteiger partial charge in [-0.25, -0.2) is 4.39 Å². The van der Waals surface area contributed by atoms with E-state index in [1.54, 1.807) is 15.6 Å².